The highest BCUT2D eigenvalue weighted by molar-refractivity contribution is 7.99. The Balaban J connectivity index is 1.90. The van der Waals surface area contributed by atoms with Gasteiger partial charge in [-0.1, -0.05) is 38.5 Å². The van der Waals surface area contributed by atoms with E-state index >= 15 is 0 Å². The Labute approximate surface area is 155 Å². The van der Waals surface area contributed by atoms with Crippen LogP contribution in [0, 0.1) is 0 Å². The van der Waals surface area contributed by atoms with Crippen molar-refractivity contribution in [3.05, 3.63) is 65.7 Å². The van der Waals surface area contributed by atoms with E-state index in [1.54, 1.807) is 6.08 Å². The van der Waals surface area contributed by atoms with Crippen molar-refractivity contribution in [1.29, 1.82) is 0 Å². The molecule has 3 heteroatoms. The Morgan fingerprint density at radius 2 is 1.72 bits per heavy atom. The quantitative estimate of drug-likeness (QED) is 0.218. The first-order valence-electron chi connectivity index (χ1n) is 8.91. The topological polar surface area (TPSA) is 26.3 Å². The second-order valence-electron chi connectivity index (χ2n) is 5.84. The van der Waals surface area contributed by atoms with Crippen LogP contribution in [0.25, 0.3) is 6.08 Å². The number of thioether (sulfide) groups is 1. The third-order valence-corrected chi connectivity index (χ3v) is 4.90. The molecule has 0 unspecified atom stereocenters. The Bertz CT molecular complexity index is 672. The lowest BCUT2D eigenvalue weighted by atomic mass is 10.1. The van der Waals surface area contributed by atoms with Crippen LogP contribution in [0.5, 0.6) is 5.75 Å². The Hall–Kier alpha value is -2.00. The van der Waals surface area contributed by atoms with Gasteiger partial charge < -0.3 is 4.74 Å². The molecule has 0 aliphatic rings. The lowest BCUT2D eigenvalue weighted by Gasteiger charge is -2.05. The number of carbonyl (C=O) groups is 1. The van der Waals surface area contributed by atoms with E-state index in [4.69, 9.17) is 4.74 Å². The molecule has 0 saturated carbocycles. The number of rotatable bonds is 10. The zero-order valence-corrected chi connectivity index (χ0v) is 15.9. The molecule has 0 radical (unpaired) electrons. The zero-order valence-electron chi connectivity index (χ0n) is 15.0. The maximum absolute atomic E-state index is 12.3. The average Bonchev–Trinajstić information content (AvgIpc) is 2.66. The number of ketones is 1. The maximum atomic E-state index is 12.3. The molecule has 0 amide bonds. The largest absolute Gasteiger partial charge is 0.494 e. The molecular formula is C22H26O2S. The van der Waals surface area contributed by atoms with Crippen LogP contribution in [0.2, 0.25) is 0 Å². The summed E-state index contributed by atoms with van der Waals surface area (Å²) in [6.45, 7) is 5.06. The van der Waals surface area contributed by atoms with Crippen molar-refractivity contribution in [2.45, 2.75) is 38.0 Å². The van der Waals surface area contributed by atoms with E-state index in [9.17, 15) is 4.79 Å². The highest BCUT2D eigenvalue weighted by Crippen LogP contribution is 2.19. The molecule has 0 spiro atoms. The van der Waals surface area contributed by atoms with Gasteiger partial charge in [0.1, 0.15) is 5.75 Å². The van der Waals surface area contributed by atoms with E-state index in [2.05, 4.69) is 13.8 Å². The van der Waals surface area contributed by atoms with Gasteiger partial charge in [0.05, 0.1) is 6.61 Å². The number of benzene rings is 2. The summed E-state index contributed by atoms with van der Waals surface area (Å²) in [7, 11) is 0. The molecule has 2 aromatic carbocycles. The number of hydrogen-bond acceptors (Lipinski definition) is 3. The number of ether oxygens (including phenoxy) is 1. The standard InChI is InChI=1S/C22H26O2S/c1-3-5-16-24-20-11-6-18(7-12-20)8-15-22(23)19-9-13-21(14-10-19)25-17-4-2/h6-15H,3-5,16-17H2,1-2H3/b15-8+. The predicted octanol–water partition coefficient (Wildman–Crippen LogP) is 6.26. The summed E-state index contributed by atoms with van der Waals surface area (Å²) in [5.74, 6) is 2.00. The van der Waals surface area contributed by atoms with Crippen molar-refractivity contribution in [3.8, 4) is 5.75 Å². The van der Waals surface area contributed by atoms with Crippen LogP contribution >= 0.6 is 11.8 Å². The molecule has 0 N–H and O–H groups in total. The monoisotopic (exact) mass is 354 g/mol. The second-order valence-corrected chi connectivity index (χ2v) is 7.01. The minimum absolute atomic E-state index is 0.0234. The summed E-state index contributed by atoms with van der Waals surface area (Å²) >= 11 is 1.82. The number of carbonyl (C=O) groups excluding carboxylic acids is 1. The van der Waals surface area contributed by atoms with E-state index in [0.29, 0.717) is 0 Å². The van der Waals surface area contributed by atoms with Crippen LogP contribution in [0.4, 0.5) is 0 Å². The third kappa shape index (κ3) is 6.79. The molecule has 0 fully saturated rings. The van der Waals surface area contributed by atoms with Crippen molar-refractivity contribution in [3.63, 3.8) is 0 Å². The molecule has 0 aliphatic heterocycles. The first-order chi connectivity index (χ1) is 12.2. The van der Waals surface area contributed by atoms with Crippen molar-refractivity contribution in [2.24, 2.45) is 0 Å². The first-order valence-corrected chi connectivity index (χ1v) is 9.89. The van der Waals surface area contributed by atoms with Gasteiger partial charge in [-0.2, -0.15) is 0 Å². The minimum Gasteiger partial charge on any atom is -0.494 e. The molecule has 0 heterocycles. The Morgan fingerprint density at radius 1 is 1.00 bits per heavy atom. The molecule has 2 rings (SSSR count). The highest BCUT2D eigenvalue weighted by Gasteiger charge is 2.02. The summed E-state index contributed by atoms with van der Waals surface area (Å²) in [5, 5.41) is 0. The maximum Gasteiger partial charge on any atom is 0.185 e. The van der Waals surface area contributed by atoms with Gasteiger partial charge >= 0.3 is 0 Å². The summed E-state index contributed by atoms with van der Waals surface area (Å²) < 4.78 is 5.64. The number of hydrogen-bond donors (Lipinski definition) is 0. The van der Waals surface area contributed by atoms with E-state index in [1.165, 1.54) is 4.90 Å². The Kier molecular flexibility index (Phi) is 8.33. The van der Waals surface area contributed by atoms with Crippen LogP contribution in [0.15, 0.2) is 59.5 Å². The van der Waals surface area contributed by atoms with Crippen LogP contribution in [0.1, 0.15) is 49.0 Å². The van der Waals surface area contributed by atoms with Crippen molar-refractivity contribution in [1.82, 2.24) is 0 Å². The van der Waals surface area contributed by atoms with Gasteiger partial charge in [-0.15, -0.1) is 11.8 Å². The molecule has 0 bridgehead atoms. The van der Waals surface area contributed by atoms with E-state index in [1.807, 2.05) is 66.4 Å². The smallest absolute Gasteiger partial charge is 0.185 e. The Morgan fingerprint density at radius 3 is 2.36 bits per heavy atom. The molecule has 0 aliphatic carbocycles. The third-order valence-electron chi connectivity index (χ3n) is 3.69. The fourth-order valence-corrected chi connectivity index (χ4v) is 2.98. The average molecular weight is 355 g/mol. The van der Waals surface area contributed by atoms with E-state index in [0.717, 1.165) is 48.5 Å². The SMILES string of the molecule is CCCCOc1ccc(/C=C/C(=O)c2ccc(SCCC)cc2)cc1. The number of allylic oxidation sites excluding steroid dienone is 1. The summed E-state index contributed by atoms with van der Waals surface area (Å²) in [5.41, 5.74) is 1.71. The van der Waals surface area contributed by atoms with Crippen LogP contribution in [0.3, 0.4) is 0 Å². The van der Waals surface area contributed by atoms with E-state index < -0.39 is 0 Å². The predicted molar refractivity (Wildman–Crippen MR) is 108 cm³/mol. The highest BCUT2D eigenvalue weighted by atomic mass is 32.2. The van der Waals surface area contributed by atoms with Crippen molar-refractivity contribution < 1.29 is 9.53 Å². The van der Waals surface area contributed by atoms with Crippen LogP contribution < -0.4 is 4.74 Å². The van der Waals surface area contributed by atoms with Crippen molar-refractivity contribution in [2.75, 3.05) is 12.4 Å². The lowest BCUT2D eigenvalue weighted by Crippen LogP contribution is -1.96. The van der Waals surface area contributed by atoms with Crippen LogP contribution in [-0.4, -0.2) is 18.1 Å². The fraction of sp³-hybridized carbons (Fsp3) is 0.318. The van der Waals surface area contributed by atoms with Gasteiger partial charge in [0, 0.05) is 10.5 Å². The molecule has 2 nitrogen and oxygen atoms in total. The number of unbranched alkanes of at least 4 members (excludes halogenated alkanes) is 1. The fourth-order valence-electron chi connectivity index (χ4n) is 2.21. The molecular weight excluding hydrogens is 328 g/mol. The molecule has 0 saturated heterocycles. The van der Waals surface area contributed by atoms with E-state index in [-0.39, 0.29) is 5.78 Å². The molecule has 0 atom stereocenters. The van der Waals surface area contributed by atoms with Gasteiger partial charge in [0.25, 0.3) is 0 Å². The molecule has 2 aromatic rings. The molecule has 0 aromatic heterocycles. The van der Waals surface area contributed by atoms with Crippen LogP contribution in [-0.2, 0) is 0 Å². The summed E-state index contributed by atoms with van der Waals surface area (Å²) in [4.78, 5) is 13.5. The zero-order chi connectivity index (χ0) is 17.9. The van der Waals surface area contributed by atoms with Gasteiger partial charge in [0.15, 0.2) is 5.78 Å². The van der Waals surface area contributed by atoms with Gasteiger partial charge in [-0.3, -0.25) is 4.79 Å². The second kappa shape index (κ2) is 10.8. The van der Waals surface area contributed by atoms with Gasteiger partial charge in [-0.25, -0.2) is 0 Å². The van der Waals surface area contributed by atoms with Gasteiger partial charge in [0.2, 0.25) is 0 Å². The lowest BCUT2D eigenvalue weighted by molar-refractivity contribution is 0.104. The molecule has 132 valence electrons. The van der Waals surface area contributed by atoms with Crippen molar-refractivity contribution >= 4 is 23.6 Å². The van der Waals surface area contributed by atoms with Gasteiger partial charge in [-0.05, 0) is 66.6 Å². The first kappa shape index (κ1) is 19.3. The summed E-state index contributed by atoms with van der Waals surface area (Å²) in [6.07, 6.45) is 6.81. The normalized spacial score (nSPS) is 11.0. The minimum atomic E-state index is 0.0234. The summed E-state index contributed by atoms with van der Waals surface area (Å²) in [6, 6.07) is 15.7. The molecule has 25 heavy (non-hydrogen) atoms.